The van der Waals surface area contributed by atoms with Crippen LogP contribution >= 0.6 is 12.4 Å². The molecule has 0 bridgehead atoms. The largest absolute Gasteiger partial charge is 0.303 e. The molecule has 0 saturated carbocycles. The summed E-state index contributed by atoms with van der Waals surface area (Å²) in [6, 6.07) is -0.751. The summed E-state index contributed by atoms with van der Waals surface area (Å²) in [5.74, 6) is -0.861. The van der Waals surface area contributed by atoms with Gasteiger partial charge in [-0.25, -0.2) is 18.6 Å². The van der Waals surface area contributed by atoms with Gasteiger partial charge in [0, 0.05) is 40.3 Å². The third kappa shape index (κ3) is 9.00. The van der Waals surface area contributed by atoms with Gasteiger partial charge >= 0.3 is 0 Å². The predicted octanol–water partition coefficient (Wildman–Crippen LogP) is -1.75. The SMILES string of the molecule is CN(C)S(=O)(=O)NCCS(=O)(=O)N1CCN[C@@H](C(=O)NOC(C)(C)C)C1.Cl. The van der Waals surface area contributed by atoms with E-state index < -0.39 is 43.5 Å². The Labute approximate surface area is 167 Å². The molecule has 0 aliphatic carbocycles. The van der Waals surface area contributed by atoms with Gasteiger partial charge in [-0.05, 0) is 20.8 Å². The molecule has 1 saturated heterocycles. The Kier molecular flexibility index (Phi) is 10.1. The maximum absolute atomic E-state index is 12.4. The maximum Gasteiger partial charge on any atom is 0.278 e. The molecule has 0 aromatic heterocycles. The van der Waals surface area contributed by atoms with Crippen molar-refractivity contribution in [2.45, 2.75) is 32.4 Å². The monoisotopic (exact) mass is 451 g/mol. The van der Waals surface area contributed by atoms with E-state index in [1.165, 1.54) is 18.4 Å². The number of piperazine rings is 1. The number of carbonyl (C=O) groups is 1. The van der Waals surface area contributed by atoms with E-state index in [0.29, 0.717) is 6.54 Å². The summed E-state index contributed by atoms with van der Waals surface area (Å²) in [5, 5.41) is 2.94. The summed E-state index contributed by atoms with van der Waals surface area (Å²) >= 11 is 0. The summed E-state index contributed by atoms with van der Waals surface area (Å²) in [6.45, 7) is 5.51. The van der Waals surface area contributed by atoms with Crippen molar-refractivity contribution in [1.82, 2.24) is 24.1 Å². The standard InChI is InChI=1S/C13H29N5O6S2.ClH/c1-13(2,3)24-16-12(19)11-10-18(8-6-14-11)25(20,21)9-7-15-26(22,23)17(4)5;/h11,14-15H,6-10H2,1-5H3,(H,16,19);1H/t11-;/m1./s1. The van der Waals surface area contributed by atoms with Gasteiger partial charge in [-0.1, -0.05) is 0 Å². The summed E-state index contributed by atoms with van der Waals surface area (Å²) in [5.41, 5.74) is 1.75. The van der Waals surface area contributed by atoms with Gasteiger partial charge in [0.25, 0.3) is 16.1 Å². The molecule has 1 aliphatic rings. The van der Waals surface area contributed by atoms with Gasteiger partial charge in [-0.2, -0.15) is 17.0 Å². The molecule has 0 aromatic rings. The van der Waals surface area contributed by atoms with E-state index in [-0.39, 0.29) is 32.0 Å². The molecule has 14 heteroatoms. The van der Waals surface area contributed by atoms with Gasteiger partial charge in [-0.15, -0.1) is 12.4 Å². The molecular weight excluding hydrogens is 422 g/mol. The molecule has 1 aliphatic heterocycles. The number of sulfonamides is 1. The van der Waals surface area contributed by atoms with Crippen LogP contribution in [-0.4, -0.2) is 89.0 Å². The highest BCUT2D eigenvalue weighted by Crippen LogP contribution is 2.08. The maximum atomic E-state index is 12.4. The van der Waals surface area contributed by atoms with E-state index in [1.54, 1.807) is 20.8 Å². The van der Waals surface area contributed by atoms with Crippen LogP contribution in [0.5, 0.6) is 0 Å². The molecule has 27 heavy (non-hydrogen) atoms. The second-order valence-electron chi connectivity index (χ2n) is 7.04. The van der Waals surface area contributed by atoms with Crippen LogP contribution in [0.3, 0.4) is 0 Å². The second kappa shape index (κ2) is 10.3. The van der Waals surface area contributed by atoms with Crippen LogP contribution in [0.25, 0.3) is 0 Å². The lowest BCUT2D eigenvalue weighted by Crippen LogP contribution is -2.59. The van der Waals surface area contributed by atoms with Crippen molar-refractivity contribution in [2.75, 3.05) is 46.0 Å². The van der Waals surface area contributed by atoms with Crippen LogP contribution in [0.4, 0.5) is 0 Å². The number of amides is 1. The Hall–Kier alpha value is -0.540. The molecule has 11 nitrogen and oxygen atoms in total. The Balaban J connectivity index is 0.00000676. The molecule has 1 heterocycles. The number of hydrogen-bond acceptors (Lipinski definition) is 7. The molecule has 1 rings (SSSR count). The first-order chi connectivity index (χ1) is 11.7. The number of hydrogen-bond donors (Lipinski definition) is 3. The summed E-state index contributed by atoms with van der Waals surface area (Å²) in [6.07, 6.45) is 0. The van der Waals surface area contributed by atoms with E-state index in [2.05, 4.69) is 15.5 Å². The lowest BCUT2D eigenvalue weighted by molar-refractivity contribution is -0.148. The van der Waals surface area contributed by atoms with Crippen molar-refractivity contribution in [3.05, 3.63) is 0 Å². The van der Waals surface area contributed by atoms with Crippen LogP contribution in [0.15, 0.2) is 0 Å². The number of rotatable bonds is 8. The normalized spacial score (nSPS) is 19.6. The number of halogens is 1. The van der Waals surface area contributed by atoms with Crippen molar-refractivity contribution >= 4 is 38.5 Å². The third-order valence-electron chi connectivity index (χ3n) is 3.43. The molecule has 1 atom stereocenters. The Morgan fingerprint density at radius 3 is 2.37 bits per heavy atom. The van der Waals surface area contributed by atoms with Gasteiger partial charge in [0.2, 0.25) is 10.0 Å². The smallest absolute Gasteiger partial charge is 0.278 e. The fourth-order valence-corrected chi connectivity index (χ4v) is 4.09. The first-order valence-corrected chi connectivity index (χ1v) is 11.2. The first-order valence-electron chi connectivity index (χ1n) is 8.11. The molecule has 162 valence electrons. The minimum Gasteiger partial charge on any atom is -0.303 e. The highest BCUT2D eigenvalue weighted by Gasteiger charge is 2.32. The molecule has 0 aromatic carbocycles. The second-order valence-corrected chi connectivity index (χ2v) is 11.1. The number of nitrogens with zero attached hydrogens (tertiary/aromatic N) is 2. The molecule has 0 unspecified atom stereocenters. The molecule has 0 radical (unpaired) electrons. The lowest BCUT2D eigenvalue weighted by Gasteiger charge is -2.32. The van der Waals surface area contributed by atoms with Crippen LogP contribution in [-0.2, 0) is 29.9 Å². The lowest BCUT2D eigenvalue weighted by atomic mass is 10.2. The summed E-state index contributed by atoms with van der Waals surface area (Å²) in [7, 11) is -4.72. The number of hydroxylamine groups is 1. The van der Waals surface area contributed by atoms with Crippen molar-refractivity contribution < 1.29 is 26.5 Å². The van der Waals surface area contributed by atoms with Crippen LogP contribution in [0.2, 0.25) is 0 Å². The minimum atomic E-state index is -3.71. The van der Waals surface area contributed by atoms with Crippen LogP contribution in [0, 0.1) is 0 Å². The number of nitrogens with one attached hydrogen (secondary N) is 3. The first kappa shape index (κ1) is 26.5. The highest BCUT2D eigenvalue weighted by molar-refractivity contribution is 7.89. The highest BCUT2D eigenvalue weighted by atomic mass is 35.5. The van der Waals surface area contributed by atoms with Gasteiger partial charge in [0.1, 0.15) is 6.04 Å². The quantitative estimate of drug-likeness (QED) is 0.372. The van der Waals surface area contributed by atoms with Gasteiger partial charge in [0.15, 0.2) is 0 Å². The topological polar surface area (TPSA) is 137 Å². The van der Waals surface area contributed by atoms with Crippen LogP contribution in [0.1, 0.15) is 20.8 Å². The fraction of sp³-hybridized carbons (Fsp3) is 0.923. The minimum absolute atomic E-state index is 0. The number of carbonyl (C=O) groups excluding carboxylic acids is 1. The van der Waals surface area contributed by atoms with E-state index in [0.717, 1.165) is 4.31 Å². The molecule has 1 fully saturated rings. The fourth-order valence-electron chi connectivity index (χ4n) is 1.98. The Morgan fingerprint density at radius 2 is 1.85 bits per heavy atom. The third-order valence-corrected chi connectivity index (χ3v) is 6.80. The zero-order valence-corrected chi connectivity index (χ0v) is 18.6. The summed E-state index contributed by atoms with van der Waals surface area (Å²) < 4.78 is 52.4. The molecule has 3 N–H and O–H groups in total. The predicted molar refractivity (Wildman–Crippen MR) is 104 cm³/mol. The zero-order valence-electron chi connectivity index (χ0n) is 16.2. The van der Waals surface area contributed by atoms with Crippen molar-refractivity contribution in [3.63, 3.8) is 0 Å². The van der Waals surface area contributed by atoms with Gasteiger partial charge < -0.3 is 5.32 Å². The van der Waals surface area contributed by atoms with Gasteiger partial charge in [-0.3, -0.25) is 9.63 Å². The van der Waals surface area contributed by atoms with E-state index in [9.17, 15) is 21.6 Å². The van der Waals surface area contributed by atoms with Crippen molar-refractivity contribution in [1.29, 1.82) is 0 Å². The van der Waals surface area contributed by atoms with Crippen molar-refractivity contribution in [3.8, 4) is 0 Å². The zero-order chi connectivity index (χ0) is 20.2. The molecule has 0 spiro atoms. The van der Waals surface area contributed by atoms with E-state index in [1.807, 2.05) is 0 Å². The van der Waals surface area contributed by atoms with Crippen molar-refractivity contribution in [2.24, 2.45) is 0 Å². The van der Waals surface area contributed by atoms with Crippen LogP contribution < -0.4 is 15.5 Å². The average molecular weight is 452 g/mol. The van der Waals surface area contributed by atoms with E-state index in [4.69, 9.17) is 4.84 Å². The van der Waals surface area contributed by atoms with E-state index >= 15 is 0 Å². The summed E-state index contributed by atoms with van der Waals surface area (Å²) in [4.78, 5) is 17.3. The molecule has 1 amide bonds. The van der Waals surface area contributed by atoms with Gasteiger partial charge in [0.05, 0.1) is 11.4 Å². The Bertz CT molecular complexity index is 692. The molecular formula is C13H30ClN5O6S2. The average Bonchev–Trinajstić information content (AvgIpc) is 2.51. The Morgan fingerprint density at radius 1 is 1.26 bits per heavy atom.